The van der Waals surface area contributed by atoms with Crippen molar-refractivity contribution in [3.05, 3.63) is 99.7 Å². The Morgan fingerprint density at radius 1 is 0.800 bits per heavy atom. The molecule has 0 saturated carbocycles. The van der Waals surface area contributed by atoms with E-state index in [9.17, 15) is 14.4 Å². The lowest BCUT2D eigenvalue weighted by molar-refractivity contribution is -0.136. The summed E-state index contributed by atoms with van der Waals surface area (Å²) in [5.41, 5.74) is 5.71. The fourth-order valence-corrected chi connectivity index (χ4v) is 3.82. The lowest BCUT2D eigenvalue weighted by atomic mass is 10.1. The molecular formula is C26H22Cl2N4O3. The second-order valence-electron chi connectivity index (χ2n) is 7.82. The van der Waals surface area contributed by atoms with Gasteiger partial charge >= 0.3 is 11.8 Å². The Kier molecular flexibility index (Phi) is 7.39. The van der Waals surface area contributed by atoms with Crippen LogP contribution in [0.25, 0.3) is 10.9 Å². The van der Waals surface area contributed by atoms with Gasteiger partial charge in [0.25, 0.3) is 5.91 Å². The minimum atomic E-state index is -0.923. The molecule has 0 radical (unpaired) electrons. The maximum atomic E-state index is 13.1. The molecule has 35 heavy (non-hydrogen) atoms. The molecule has 4 aromatic rings. The molecule has 3 aromatic carbocycles. The van der Waals surface area contributed by atoms with E-state index in [1.807, 2.05) is 31.2 Å². The van der Waals surface area contributed by atoms with Crippen LogP contribution in [-0.2, 0) is 22.6 Å². The molecule has 0 bridgehead atoms. The number of fused-ring (bicyclic) bond motifs is 1. The molecule has 0 spiro atoms. The average Bonchev–Trinajstić information content (AvgIpc) is 3.21. The minimum absolute atomic E-state index is 0.140. The number of hydrogen-bond acceptors (Lipinski definition) is 3. The Balaban J connectivity index is 1.54. The van der Waals surface area contributed by atoms with Crippen molar-refractivity contribution >= 4 is 57.5 Å². The number of aryl methyl sites for hydroxylation is 1. The van der Waals surface area contributed by atoms with Crippen LogP contribution in [-0.4, -0.2) is 22.4 Å². The van der Waals surface area contributed by atoms with E-state index < -0.39 is 17.7 Å². The lowest BCUT2D eigenvalue weighted by Crippen LogP contribution is -2.39. The predicted octanol–water partition coefficient (Wildman–Crippen LogP) is 5.15. The van der Waals surface area contributed by atoms with Crippen molar-refractivity contribution in [2.24, 2.45) is 0 Å². The summed E-state index contributed by atoms with van der Waals surface area (Å²) in [5, 5.41) is 7.06. The van der Waals surface area contributed by atoms with Gasteiger partial charge in [0.15, 0.2) is 0 Å². The Hall–Kier alpha value is -3.81. The van der Waals surface area contributed by atoms with Crippen molar-refractivity contribution in [2.75, 3.05) is 10.7 Å². The first-order valence-corrected chi connectivity index (χ1v) is 11.6. The fraction of sp³-hybridized carbons (Fsp3) is 0.115. The van der Waals surface area contributed by atoms with Crippen molar-refractivity contribution in [3.63, 3.8) is 0 Å². The first-order chi connectivity index (χ1) is 16.8. The van der Waals surface area contributed by atoms with Crippen molar-refractivity contribution < 1.29 is 14.4 Å². The van der Waals surface area contributed by atoms with Crippen LogP contribution in [0.2, 0.25) is 10.0 Å². The lowest BCUT2D eigenvalue weighted by Gasteiger charge is -2.13. The molecule has 9 heteroatoms. The first kappa shape index (κ1) is 24.3. The Morgan fingerprint density at radius 3 is 2.14 bits per heavy atom. The van der Waals surface area contributed by atoms with Crippen molar-refractivity contribution in [1.29, 1.82) is 0 Å². The van der Waals surface area contributed by atoms with E-state index in [4.69, 9.17) is 23.2 Å². The van der Waals surface area contributed by atoms with E-state index in [2.05, 4.69) is 16.1 Å². The summed E-state index contributed by atoms with van der Waals surface area (Å²) < 4.78 is 1.28. The molecule has 4 rings (SSSR count). The number of carbonyl (C=O) groups is 3. The number of benzene rings is 3. The highest BCUT2D eigenvalue weighted by atomic mass is 35.5. The van der Waals surface area contributed by atoms with Crippen LogP contribution in [0.4, 0.5) is 5.69 Å². The number of carbonyl (C=O) groups excluding carboxylic acids is 3. The van der Waals surface area contributed by atoms with Crippen molar-refractivity contribution in [2.45, 2.75) is 19.9 Å². The van der Waals surface area contributed by atoms with Gasteiger partial charge in [-0.3, -0.25) is 19.8 Å². The van der Waals surface area contributed by atoms with Gasteiger partial charge in [-0.05, 0) is 66.1 Å². The zero-order valence-electron chi connectivity index (χ0n) is 18.8. The van der Waals surface area contributed by atoms with Gasteiger partial charge in [0.1, 0.15) is 5.69 Å². The van der Waals surface area contributed by atoms with Gasteiger partial charge in [0.2, 0.25) is 0 Å². The third-order valence-electron chi connectivity index (χ3n) is 5.40. The Labute approximate surface area is 212 Å². The van der Waals surface area contributed by atoms with Gasteiger partial charge < -0.3 is 10.6 Å². The molecule has 0 saturated heterocycles. The number of amides is 3. The number of rotatable bonds is 6. The van der Waals surface area contributed by atoms with Gasteiger partial charge in [-0.1, -0.05) is 54.4 Å². The first-order valence-electron chi connectivity index (χ1n) is 10.9. The maximum Gasteiger partial charge on any atom is 0.328 e. The van der Waals surface area contributed by atoms with Gasteiger partial charge in [-0.25, -0.2) is 4.68 Å². The summed E-state index contributed by atoms with van der Waals surface area (Å²) in [4.78, 5) is 38.2. The number of hydrogen-bond donors (Lipinski definition) is 3. The van der Waals surface area contributed by atoms with Gasteiger partial charge in [0.05, 0.1) is 5.52 Å². The van der Waals surface area contributed by atoms with E-state index in [-0.39, 0.29) is 12.2 Å². The molecule has 1 heterocycles. The van der Waals surface area contributed by atoms with Crippen LogP contribution in [0.5, 0.6) is 0 Å². The minimum Gasteiger partial charge on any atom is -0.344 e. The molecule has 1 aromatic heterocycles. The summed E-state index contributed by atoms with van der Waals surface area (Å²) in [7, 11) is 0. The molecule has 0 atom stereocenters. The SMILES string of the molecule is CCc1ccc(NC(=O)c2cc3cc(Cl)ccc3n2NC(=O)C(=O)NCc2ccc(Cl)cc2)cc1. The van der Waals surface area contributed by atoms with Crippen molar-refractivity contribution in [3.8, 4) is 0 Å². The van der Waals surface area contributed by atoms with E-state index >= 15 is 0 Å². The van der Waals surface area contributed by atoms with Crippen molar-refractivity contribution in [1.82, 2.24) is 9.99 Å². The number of nitrogens with zero attached hydrogens (tertiary/aromatic N) is 1. The summed E-state index contributed by atoms with van der Waals surface area (Å²) >= 11 is 12.0. The highest BCUT2D eigenvalue weighted by Crippen LogP contribution is 2.24. The van der Waals surface area contributed by atoms with E-state index in [0.29, 0.717) is 26.6 Å². The highest BCUT2D eigenvalue weighted by molar-refractivity contribution is 6.38. The maximum absolute atomic E-state index is 13.1. The zero-order valence-corrected chi connectivity index (χ0v) is 20.3. The van der Waals surface area contributed by atoms with E-state index in [1.165, 1.54) is 4.68 Å². The zero-order chi connectivity index (χ0) is 24.9. The van der Waals surface area contributed by atoms with Gasteiger partial charge in [-0.2, -0.15) is 0 Å². The molecule has 0 aliphatic heterocycles. The fourth-order valence-electron chi connectivity index (χ4n) is 3.51. The number of anilines is 1. The second-order valence-corrected chi connectivity index (χ2v) is 8.70. The summed E-state index contributed by atoms with van der Waals surface area (Å²) in [6.45, 7) is 2.19. The summed E-state index contributed by atoms with van der Waals surface area (Å²) in [6, 6.07) is 20.9. The van der Waals surface area contributed by atoms with E-state index in [1.54, 1.807) is 48.5 Å². The summed E-state index contributed by atoms with van der Waals surface area (Å²) in [5.74, 6) is -2.23. The average molecular weight is 509 g/mol. The highest BCUT2D eigenvalue weighted by Gasteiger charge is 2.21. The third-order valence-corrected chi connectivity index (χ3v) is 5.89. The van der Waals surface area contributed by atoms with E-state index in [0.717, 1.165) is 17.5 Å². The molecule has 0 unspecified atom stereocenters. The number of nitrogens with one attached hydrogen (secondary N) is 3. The largest absolute Gasteiger partial charge is 0.344 e. The van der Waals surface area contributed by atoms with Gasteiger partial charge in [-0.15, -0.1) is 0 Å². The van der Waals surface area contributed by atoms with Crippen LogP contribution in [0.3, 0.4) is 0 Å². The molecule has 3 N–H and O–H groups in total. The van der Waals surface area contributed by atoms with Gasteiger partial charge in [0, 0.05) is 27.7 Å². The summed E-state index contributed by atoms with van der Waals surface area (Å²) in [6.07, 6.45) is 0.884. The molecule has 0 aliphatic rings. The monoisotopic (exact) mass is 508 g/mol. The molecular weight excluding hydrogens is 487 g/mol. The predicted molar refractivity (Wildman–Crippen MR) is 138 cm³/mol. The molecule has 0 fully saturated rings. The molecule has 7 nitrogen and oxygen atoms in total. The molecule has 0 aliphatic carbocycles. The second kappa shape index (κ2) is 10.6. The molecule has 178 valence electrons. The smallest absolute Gasteiger partial charge is 0.328 e. The van der Waals surface area contributed by atoms with Crippen LogP contribution in [0.15, 0.2) is 72.8 Å². The van der Waals surface area contributed by atoms with Crippen LogP contribution in [0.1, 0.15) is 28.5 Å². The third kappa shape index (κ3) is 5.82. The Morgan fingerprint density at radius 2 is 1.46 bits per heavy atom. The number of aromatic nitrogens is 1. The van der Waals surface area contributed by atoms with Crippen LogP contribution >= 0.6 is 23.2 Å². The van der Waals surface area contributed by atoms with Crippen LogP contribution in [0, 0.1) is 0 Å². The Bertz CT molecular complexity index is 1400. The topological polar surface area (TPSA) is 92.2 Å². The number of halogens is 2. The quantitative estimate of drug-likeness (QED) is 0.314. The van der Waals surface area contributed by atoms with Crippen LogP contribution < -0.4 is 16.1 Å². The molecule has 3 amide bonds. The normalized spacial score (nSPS) is 10.7. The standard InChI is InChI=1S/C26H22Cl2N4O3/c1-2-16-5-10-21(11-6-16)30-24(33)23-14-18-13-20(28)9-12-22(18)32(23)31-26(35)25(34)29-15-17-3-7-19(27)8-4-17/h3-14H,2,15H2,1H3,(H,29,34)(H,30,33)(H,31,35).